The topological polar surface area (TPSA) is 12.9 Å². The summed E-state index contributed by atoms with van der Waals surface area (Å²) >= 11 is -0.188. The van der Waals surface area contributed by atoms with E-state index in [2.05, 4.69) is 61.6 Å². The van der Waals surface area contributed by atoms with E-state index in [9.17, 15) is 4.39 Å². The molecule has 5 rings (SSSR count). The van der Waals surface area contributed by atoms with Crippen molar-refractivity contribution in [2.45, 2.75) is 6.42 Å². The zero-order chi connectivity index (χ0) is 20.3. The van der Waals surface area contributed by atoms with Crippen molar-refractivity contribution in [3.8, 4) is 11.3 Å². The van der Waals surface area contributed by atoms with Gasteiger partial charge in [0.05, 0.1) is 5.69 Å². The minimum absolute atomic E-state index is 0.188. The molecule has 3 aromatic rings. The SMILES string of the molecule is Fc1ccccc1-c1cc(C2=CI=CC(C3=CCC=c4ccccc4=C3)=C2)ccn1. The van der Waals surface area contributed by atoms with Crippen molar-refractivity contribution in [2.75, 3.05) is 0 Å². The summed E-state index contributed by atoms with van der Waals surface area (Å²) in [6, 6.07) is 19.3. The van der Waals surface area contributed by atoms with Crippen molar-refractivity contribution < 1.29 is 4.39 Å². The average Bonchev–Trinajstić information content (AvgIpc) is 3.02. The largest absolute Gasteiger partial charge is 0.256 e. The van der Waals surface area contributed by atoms with Gasteiger partial charge in [-0.1, -0.05) is 69.3 Å². The maximum atomic E-state index is 14.2. The second-order valence-electron chi connectivity index (χ2n) is 7.18. The summed E-state index contributed by atoms with van der Waals surface area (Å²) < 4.78 is 18.9. The maximum absolute atomic E-state index is 14.2. The molecule has 2 heterocycles. The summed E-state index contributed by atoms with van der Waals surface area (Å²) in [6.45, 7) is 0. The Morgan fingerprint density at radius 1 is 0.800 bits per heavy atom. The fourth-order valence-corrected chi connectivity index (χ4v) is 5.72. The first-order chi connectivity index (χ1) is 14.8. The molecule has 0 radical (unpaired) electrons. The van der Waals surface area contributed by atoms with Gasteiger partial charge in [-0.15, -0.1) is 0 Å². The number of pyridine rings is 1. The minimum atomic E-state index is -0.245. The molecule has 0 unspecified atom stereocenters. The Balaban J connectivity index is 1.52. The summed E-state index contributed by atoms with van der Waals surface area (Å²) in [5.74, 6) is -0.245. The molecular formula is C27H19FIN. The molecule has 0 saturated carbocycles. The van der Waals surface area contributed by atoms with Gasteiger partial charge >= 0.3 is 0 Å². The van der Waals surface area contributed by atoms with Gasteiger partial charge in [0.2, 0.25) is 0 Å². The zero-order valence-electron chi connectivity index (χ0n) is 16.2. The predicted octanol–water partition coefficient (Wildman–Crippen LogP) is 5.53. The van der Waals surface area contributed by atoms with Crippen molar-refractivity contribution in [2.24, 2.45) is 0 Å². The normalized spacial score (nSPS) is 15.3. The van der Waals surface area contributed by atoms with Crippen LogP contribution in [0.25, 0.3) is 29.0 Å². The molecule has 2 aliphatic rings. The molecule has 0 atom stereocenters. The van der Waals surface area contributed by atoms with E-state index in [0.29, 0.717) is 11.3 Å². The Morgan fingerprint density at radius 2 is 1.63 bits per heavy atom. The van der Waals surface area contributed by atoms with Gasteiger partial charge in [-0.3, -0.25) is 4.98 Å². The third kappa shape index (κ3) is 3.90. The Morgan fingerprint density at radius 3 is 2.53 bits per heavy atom. The Labute approximate surface area is 185 Å². The summed E-state index contributed by atoms with van der Waals surface area (Å²) in [5, 5.41) is 2.55. The van der Waals surface area contributed by atoms with Crippen molar-refractivity contribution in [3.63, 3.8) is 0 Å². The third-order valence-electron chi connectivity index (χ3n) is 5.23. The molecule has 146 valence electrons. The van der Waals surface area contributed by atoms with Gasteiger partial charge in [-0.2, -0.15) is 0 Å². The standard InChI is InChI=1S/C27H19FIN/c28-26-11-4-3-10-25(26)27-16-22(12-13-30-27)24-15-23(17-29-18-24)21-9-5-8-19-6-1-2-7-20(19)14-21/h1-4,6-18H,5H2. The number of benzene rings is 2. The van der Waals surface area contributed by atoms with Crippen LogP contribution in [0.1, 0.15) is 12.0 Å². The van der Waals surface area contributed by atoms with Gasteiger partial charge in [0.1, 0.15) is 5.82 Å². The molecular weight excluding hydrogens is 484 g/mol. The number of aromatic nitrogens is 1. The van der Waals surface area contributed by atoms with Crippen LogP contribution in [0.3, 0.4) is 0 Å². The molecule has 1 aliphatic carbocycles. The number of allylic oxidation sites excluding steroid dienone is 5. The first-order valence-corrected chi connectivity index (χ1v) is 12.3. The highest BCUT2D eigenvalue weighted by Gasteiger charge is 2.11. The number of fused-ring (bicyclic) bond motifs is 1. The van der Waals surface area contributed by atoms with Crippen LogP contribution in [0, 0.1) is 5.82 Å². The quantitative estimate of drug-likeness (QED) is 0.429. The number of hydrogen-bond acceptors (Lipinski definition) is 1. The molecule has 1 aromatic heterocycles. The molecule has 30 heavy (non-hydrogen) atoms. The molecule has 0 saturated heterocycles. The van der Waals surface area contributed by atoms with Gasteiger partial charge in [0.15, 0.2) is 0 Å². The molecule has 2 aromatic carbocycles. The van der Waals surface area contributed by atoms with Crippen LogP contribution in [0.2, 0.25) is 0 Å². The maximum Gasteiger partial charge on any atom is 0.132 e. The predicted molar refractivity (Wildman–Crippen MR) is 133 cm³/mol. The molecule has 0 bridgehead atoms. The lowest BCUT2D eigenvalue weighted by molar-refractivity contribution is 0.630. The van der Waals surface area contributed by atoms with Crippen LogP contribution in [-0.2, 0) is 0 Å². The van der Waals surface area contributed by atoms with Crippen LogP contribution in [0.15, 0.2) is 94.2 Å². The molecule has 1 aliphatic heterocycles. The summed E-state index contributed by atoms with van der Waals surface area (Å²) in [4.78, 5) is 4.40. The fraction of sp³-hybridized carbons (Fsp3) is 0.0370. The molecule has 0 N–H and O–H groups in total. The smallest absolute Gasteiger partial charge is 0.132 e. The molecule has 1 nitrogen and oxygen atoms in total. The summed E-state index contributed by atoms with van der Waals surface area (Å²) in [7, 11) is 0. The van der Waals surface area contributed by atoms with E-state index in [1.807, 2.05) is 18.2 Å². The van der Waals surface area contributed by atoms with Crippen LogP contribution in [0.4, 0.5) is 4.39 Å². The Hall–Kier alpha value is -2.92. The van der Waals surface area contributed by atoms with E-state index in [-0.39, 0.29) is 26.5 Å². The fourth-order valence-electron chi connectivity index (χ4n) is 3.69. The third-order valence-corrected chi connectivity index (χ3v) is 7.29. The minimum Gasteiger partial charge on any atom is -0.256 e. The van der Waals surface area contributed by atoms with E-state index < -0.39 is 0 Å². The second kappa shape index (κ2) is 8.44. The molecule has 0 spiro atoms. The number of hydrogen-bond donors (Lipinski definition) is 0. The van der Waals surface area contributed by atoms with Gasteiger partial charge in [0.25, 0.3) is 0 Å². The highest BCUT2D eigenvalue weighted by molar-refractivity contribution is 14.2. The summed E-state index contributed by atoms with van der Waals surface area (Å²) in [5.41, 5.74) is 6.01. The highest BCUT2D eigenvalue weighted by Crippen LogP contribution is 2.31. The highest BCUT2D eigenvalue weighted by atomic mass is 127. The van der Waals surface area contributed by atoms with Crippen LogP contribution >= 0.6 is 20.7 Å². The molecule has 0 fully saturated rings. The number of nitrogens with zero attached hydrogens (tertiary/aromatic N) is 1. The summed E-state index contributed by atoms with van der Waals surface area (Å²) in [6.07, 6.45) is 11.8. The first-order valence-electron chi connectivity index (χ1n) is 9.84. The zero-order valence-corrected chi connectivity index (χ0v) is 18.4. The molecule has 3 heteroatoms. The van der Waals surface area contributed by atoms with E-state index in [0.717, 1.165) is 12.0 Å². The lowest BCUT2D eigenvalue weighted by atomic mass is 9.99. The molecule has 0 amide bonds. The van der Waals surface area contributed by atoms with E-state index in [1.165, 1.54) is 33.2 Å². The van der Waals surface area contributed by atoms with Gasteiger partial charge < -0.3 is 0 Å². The van der Waals surface area contributed by atoms with E-state index >= 15 is 0 Å². The van der Waals surface area contributed by atoms with Crippen LogP contribution < -0.4 is 10.4 Å². The number of halogens is 2. The number of rotatable bonds is 3. The van der Waals surface area contributed by atoms with Crippen LogP contribution in [-0.4, -0.2) is 9.00 Å². The van der Waals surface area contributed by atoms with Gasteiger partial charge in [-0.05, 0) is 83.7 Å². The van der Waals surface area contributed by atoms with Crippen molar-refractivity contribution in [3.05, 3.63) is 116 Å². The lowest BCUT2D eigenvalue weighted by Gasteiger charge is -2.12. The van der Waals surface area contributed by atoms with Gasteiger partial charge in [0, 0.05) is 11.8 Å². The lowest BCUT2D eigenvalue weighted by Crippen LogP contribution is -2.23. The van der Waals surface area contributed by atoms with E-state index in [4.69, 9.17) is 0 Å². The van der Waals surface area contributed by atoms with Gasteiger partial charge in [-0.25, -0.2) is 4.39 Å². The Kier molecular flexibility index (Phi) is 5.37. The van der Waals surface area contributed by atoms with Crippen LogP contribution in [0.5, 0.6) is 0 Å². The Bertz CT molecular complexity index is 1380. The monoisotopic (exact) mass is 503 g/mol. The van der Waals surface area contributed by atoms with Crippen molar-refractivity contribution >= 4 is 42.5 Å². The van der Waals surface area contributed by atoms with Crippen molar-refractivity contribution in [1.82, 2.24) is 4.98 Å². The van der Waals surface area contributed by atoms with E-state index in [1.54, 1.807) is 18.3 Å². The van der Waals surface area contributed by atoms with Crippen molar-refractivity contribution in [1.29, 1.82) is 0 Å². The first kappa shape index (κ1) is 19.1. The second-order valence-corrected chi connectivity index (χ2v) is 9.15. The average molecular weight is 503 g/mol.